The second kappa shape index (κ2) is 6.69. The average molecular weight is 329 g/mol. The summed E-state index contributed by atoms with van der Waals surface area (Å²) < 4.78 is 5.67. The van der Waals surface area contributed by atoms with Gasteiger partial charge in [0.15, 0.2) is 0 Å². The molecule has 2 N–H and O–H groups in total. The number of ether oxygens (including phenoxy) is 1. The van der Waals surface area contributed by atoms with Crippen molar-refractivity contribution in [3.05, 3.63) is 72.8 Å². The van der Waals surface area contributed by atoms with E-state index in [4.69, 9.17) is 9.72 Å². The van der Waals surface area contributed by atoms with Crippen molar-refractivity contribution in [2.24, 2.45) is 0 Å². The molecule has 0 unspecified atom stereocenters. The van der Waals surface area contributed by atoms with Gasteiger partial charge in [0.25, 0.3) is 0 Å². The smallest absolute Gasteiger partial charge is 0.120 e. The van der Waals surface area contributed by atoms with Crippen LogP contribution in [0.15, 0.2) is 72.8 Å². The van der Waals surface area contributed by atoms with E-state index in [1.165, 1.54) is 0 Å². The zero-order chi connectivity index (χ0) is 17.1. The van der Waals surface area contributed by atoms with E-state index in [-0.39, 0.29) is 0 Å². The molecule has 0 aliphatic heterocycles. The molecule has 0 atom stereocenters. The number of aromatic nitrogens is 1. The number of pyridine rings is 1. The molecule has 0 saturated carbocycles. The Kier molecular flexibility index (Phi) is 4.09. The standard InChI is InChI=1S/C21H19N3O/c1-2-25-16-12-13-20-18(14-16)21(17-10-6-7-11-19(17)22-20)24-23-15-8-4-3-5-9-15/h3-14,23H,2H2,1H3,(H,22,24). The molecule has 0 bridgehead atoms. The Morgan fingerprint density at radius 2 is 1.56 bits per heavy atom. The highest BCUT2D eigenvalue weighted by atomic mass is 16.5. The van der Waals surface area contributed by atoms with E-state index < -0.39 is 0 Å². The van der Waals surface area contributed by atoms with Crippen LogP contribution in [0.5, 0.6) is 5.75 Å². The van der Waals surface area contributed by atoms with Gasteiger partial charge in [-0.15, -0.1) is 0 Å². The maximum atomic E-state index is 5.67. The molecular weight excluding hydrogens is 310 g/mol. The first-order valence-electron chi connectivity index (χ1n) is 8.37. The normalized spacial score (nSPS) is 10.8. The largest absolute Gasteiger partial charge is 0.494 e. The molecule has 1 aromatic heterocycles. The first kappa shape index (κ1) is 15.3. The molecule has 4 rings (SSSR count). The third-order valence-electron chi connectivity index (χ3n) is 4.07. The van der Waals surface area contributed by atoms with Crippen molar-refractivity contribution in [1.29, 1.82) is 0 Å². The Bertz CT molecular complexity index is 1020. The van der Waals surface area contributed by atoms with Crippen LogP contribution < -0.4 is 15.6 Å². The molecule has 0 radical (unpaired) electrons. The number of anilines is 2. The van der Waals surface area contributed by atoms with Gasteiger partial charge in [-0.05, 0) is 43.3 Å². The highest BCUT2D eigenvalue weighted by Gasteiger charge is 2.10. The Morgan fingerprint density at radius 3 is 2.40 bits per heavy atom. The number of fused-ring (bicyclic) bond motifs is 2. The summed E-state index contributed by atoms with van der Waals surface area (Å²) in [5.41, 5.74) is 10.5. The van der Waals surface area contributed by atoms with Crippen molar-refractivity contribution < 1.29 is 4.74 Å². The van der Waals surface area contributed by atoms with Crippen molar-refractivity contribution >= 4 is 33.2 Å². The predicted molar refractivity (Wildman–Crippen MR) is 104 cm³/mol. The summed E-state index contributed by atoms with van der Waals surface area (Å²) in [5.74, 6) is 0.842. The number of benzene rings is 3. The lowest BCUT2D eigenvalue weighted by atomic mass is 10.1. The van der Waals surface area contributed by atoms with Gasteiger partial charge < -0.3 is 10.2 Å². The highest BCUT2D eigenvalue weighted by molar-refractivity contribution is 6.08. The lowest BCUT2D eigenvalue weighted by molar-refractivity contribution is 0.341. The third kappa shape index (κ3) is 3.06. The van der Waals surface area contributed by atoms with Gasteiger partial charge in [0.05, 0.1) is 29.0 Å². The fourth-order valence-corrected chi connectivity index (χ4v) is 2.92. The van der Waals surface area contributed by atoms with Gasteiger partial charge >= 0.3 is 0 Å². The van der Waals surface area contributed by atoms with Crippen molar-refractivity contribution in [1.82, 2.24) is 4.98 Å². The Labute approximate surface area is 146 Å². The minimum Gasteiger partial charge on any atom is -0.494 e. The number of para-hydroxylation sites is 2. The fourth-order valence-electron chi connectivity index (χ4n) is 2.92. The fraction of sp³-hybridized carbons (Fsp3) is 0.0952. The number of hydrazine groups is 1. The molecular formula is C21H19N3O. The van der Waals surface area contributed by atoms with E-state index in [1.54, 1.807) is 0 Å². The second-order valence-electron chi connectivity index (χ2n) is 5.73. The van der Waals surface area contributed by atoms with Gasteiger partial charge in [0, 0.05) is 10.8 Å². The van der Waals surface area contributed by atoms with E-state index >= 15 is 0 Å². The molecule has 1 heterocycles. The van der Waals surface area contributed by atoms with E-state index in [1.807, 2.05) is 73.7 Å². The monoisotopic (exact) mass is 329 g/mol. The summed E-state index contributed by atoms with van der Waals surface area (Å²) in [5, 5.41) is 2.08. The molecule has 4 nitrogen and oxygen atoms in total. The first-order valence-corrected chi connectivity index (χ1v) is 8.37. The number of hydrogen-bond donors (Lipinski definition) is 2. The highest BCUT2D eigenvalue weighted by Crippen LogP contribution is 2.33. The third-order valence-corrected chi connectivity index (χ3v) is 4.07. The molecule has 25 heavy (non-hydrogen) atoms. The van der Waals surface area contributed by atoms with Crippen LogP contribution in [0.4, 0.5) is 11.4 Å². The Morgan fingerprint density at radius 1 is 0.800 bits per heavy atom. The zero-order valence-electron chi connectivity index (χ0n) is 14.0. The van der Waals surface area contributed by atoms with Gasteiger partial charge in [-0.3, -0.25) is 5.43 Å². The molecule has 0 spiro atoms. The first-order chi connectivity index (χ1) is 12.3. The summed E-state index contributed by atoms with van der Waals surface area (Å²) in [6, 6.07) is 24.2. The molecule has 0 amide bonds. The van der Waals surface area contributed by atoms with Crippen LogP contribution in [0.1, 0.15) is 6.92 Å². The number of nitrogens with zero attached hydrogens (tertiary/aromatic N) is 1. The van der Waals surface area contributed by atoms with E-state index in [2.05, 4.69) is 16.9 Å². The van der Waals surface area contributed by atoms with Crippen LogP contribution >= 0.6 is 0 Å². The summed E-state index contributed by atoms with van der Waals surface area (Å²) in [6.45, 7) is 2.62. The summed E-state index contributed by atoms with van der Waals surface area (Å²) in [6.07, 6.45) is 0. The molecule has 0 saturated heterocycles. The van der Waals surface area contributed by atoms with E-state index in [0.717, 1.165) is 38.9 Å². The van der Waals surface area contributed by atoms with E-state index in [0.29, 0.717) is 6.61 Å². The Hall–Kier alpha value is -3.27. The summed E-state index contributed by atoms with van der Waals surface area (Å²) in [7, 11) is 0. The average Bonchev–Trinajstić information content (AvgIpc) is 2.66. The molecule has 0 aliphatic rings. The predicted octanol–water partition coefficient (Wildman–Crippen LogP) is 5.23. The van der Waals surface area contributed by atoms with Crippen molar-refractivity contribution in [2.45, 2.75) is 6.92 Å². The van der Waals surface area contributed by atoms with Crippen molar-refractivity contribution in [3.63, 3.8) is 0 Å². The van der Waals surface area contributed by atoms with Gasteiger partial charge in [-0.2, -0.15) is 0 Å². The SMILES string of the molecule is CCOc1ccc2nc3ccccc3c(NNc3ccccc3)c2c1. The van der Waals surface area contributed by atoms with E-state index in [9.17, 15) is 0 Å². The van der Waals surface area contributed by atoms with Gasteiger partial charge in [-0.1, -0.05) is 36.4 Å². The maximum Gasteiger partial charge on any atom is 0.120 e. The molecule has 0 aliphatic carbocycles. The molecule has 0 fully saturated rings. The van der Waals surface area contributed by atoms with Crippen LogP contribution in [0, 0.1) is 0 Å². The molecule has 124 valence electrons. The molecule has 4 aromatic rings. The van der Waals surface area contributed by atoms with Crippen molar-refractivity contribution in [3.8, 4) is 5.75 Å². The minimum atomic E-state index is 0.636. The van der Waals surface area contributed by atoms with Crippen LogP contribution in [0.25, 0.3) is 21.8 Å². The number of hydrogen-bond acceptors (Lipinski definition) is 4. The van der Waals surface area contributed by atoms with Crippen LogP contribution in [-0.4, -0.2) is 11.6 Å². The quantitative estimate of drug-likeness (QED) is 0.389. The van der Waals surface area contributed by atoms with Gasteiger partial charge in [-0.25, -0.2) is 4.98 Å². The number of rotatable bonds is 5. The van der Waals surface area contributed by atoms with Crippen LogP contribution in [0.3, 0.4) is 0 Å². The van der Waals surface area contributed by atoms with Gasteiger partial charge in [0.1, 0.15) is 5.75 Å². The lowest BCUT2D eigenvalue weighted by Gasteiger charge is -2.15. The minimum absolute atomic E-state index is 0.636. The second-order valence-corrected chi connectivity index (χ2v) is 5.73. The van der Waals surface area contributed by atoms with Crippen LogP contribution in [0.2, 0.25) is 0 Å². The summed E-state index contributed by atoms with van der Waals surface area (Å²) in [4.78, 5) is 4.77. The summed E-state index contributed by atoms with van der Waals surface area (Å²) >= 11 is 0. The van der Waals surface area contributed by atoms with Gasteiger partial charge in [0.2, 0.25) is 0 Å². The molecule has 4 heteroatoms. The molecule has 3 aromatic carbocycles. The zero-order valence-corrected chi connectivity index (χ0v) is 14.0. The van der Waals surface area contributed by atoms with Crippen LogP contribution in [-0.2, 0) is 0 Å². The topological polar surface area (TPSA) is 46.2 Å². The Balaban J connectivity index is 1.85. The maximum absolute atomic E-state index is 5.67. The lowest BCUT2D eigenvalue weighted by Crippen LogP contribution is -2.09. The number of nitrogens with one attached hydrogen (secondary N) is 2. The van der Waals surface area contributed by atoms with Crippen molar-refractivity contribution in [2.75, 3.05) is 17.5 Å².